The molecule has 0 unspecified atom stereocenters. The van der Waals surface area contributed by atoms with E-state index in [2.05, 4.69) is 13.6 Å². The number of carbonyl (C=O) groups is 3. The number of rotatable bonds is 6. The van der Waals surface area contributed by atoms with Crippen LogP contribution in [0.2, 0.25) is 0 Å². The summed E-state index contributed by atoms with van der Waals surface area (Å²) >= 11 is 0. The first-order valence-corrected chi connectivity index (χ1v) is 3.61. The Morgan fingerprint density at radius 1 is 0.818 bits per heavy atom. The van der Waals surface area contributed by atoms with Crippen molar-refractivity contribution in [3.05, 3.63) is 0 Å². The largest absolute Gasteiger partial charge is 0.653 e. The van der Waals surface area contributed by atoms with Crippen LogP contribution in [0.25, 0.3) is 0 Å². The maximum atomic E-state index is 10.7. The first-order chi connectivity index (χ1) is 5.18. The molecule has 0 atom stereocenters. The van der Waals surface area contributed by atoms with Crippen LogP contribution < -0.4 is 0 Å². The van der Waals surface area contributed by atoms with Crippen LogP contribution >= 0.6 is 7.82 Å². The zero-order valence-electron chi connectivity index (χ0n) is 5.04. The van der Waals surface area contributed by atoms with Crippen molar-refractivity contribution >= 4 is 27.2 Å². The molecule has 0 rings (SSSR count). The number of phosphoric acid groups is 1. The van der Waals surface area contributed by atoms with Gasteiger partial charge >= 0.3 is 27.2 Å². The fraction of sp³-hybridized carbons (Fsp3) is 0. The lowest BCUT2D eigenvalue weighted by Crippen LogP contribution is -1.96. The van der Waals surface area contributed by atoms with Crippen LogP contribution in [0.5, 0.6) is 0 Å². The second-order valence-corrected chi connectivity index (χ2v) is 2.58. The molecule has 0 saturated carbocycles. The topological polar surface area (TPSA) is 96.0 Å². The maximum absolute atomic E-state index is 10.7. The summed E-state index contributed by atoms with van der Waals surface area (Å²) in [5.74, 6) is 0. The van der Waals surface area contributed by atoms with E-state index in [4.69, 9.17) is 0 Å². The van der Waals surface area contributed by atoms with Crippen molar-refractivity contribution in [2.75, 3.05) is 0 Å². The van der Waals surface area contributed by atoms with Crippen molar-refractivity contribution in [1.29, 1.82) is 0 Å². The summed E-state index contributed by atoms with van der Waals surface area (Å²) in [6.45, 7) is -0.810. The van der Waals surface area contributed by atoms with E-state index in [1.54, 1.807) is 0 Å². The molecule has 0 amide bonds. The van der Waals surface area contributed by atoms with Crippen LogP contribution in [-0.4, -0.2) is 19.4 Å². The number of phosphoric ester groups is 1. The average molecular weight is 182 g/mol. The van der Waals surface area contributed by atoms with Crippen LogP contribution in [0.3, 0.4) is 0 Å². The maximum Gasteiger partial charge on any atom is 0.653 e. The van der Waals surface area contributed by atoms with E-state index in [-0.39, 0.29) is 19.4 Å². The van der Waals surface area contributed by atoms with Gasteiger partial charge in [-0.2, -0.15) is 4.57 Å². The third-order valence-corrected chi connectivity index (χ3v) is 1.55. The van der Waals surface area contributed by atoms with Gasteiger partial charge in [0, 0.05) is 0 Å². The molecule has 0 aromatic rings. The lowest BCUT2D eigenvalue weighted by molar-refractivity contribution is -0.129. The van der Waals surface area contributed by atoms with Gasteiger partial charge in [-0.15, -0.1) is 0 Å². The highest BCUT2D eigenvalue weighted by atomic mass is 31.2. The Bertz CT molecular complexity index is 165. The third kappa shape index (κ3) is 3.36. The molecule has 0 aliphatic heterocycles. The molecule has 0 aliphatic carbocycles. The normalized spacial score (nSPS) is 9.45. The molecule has 0 bridgehead atoms. The molecule has 0 saturated heterocycles. The molecule has 0 fully saturated rings. The van der Waals surface area contributed by atoms with Gasteiger partial charge in [0.1, 0.15) is 0 Å². The first-order valence-electron chi connectivity index (χ1n) is 2.14. The minimum Gasteiger partial charge on any atom is -0.355 e. The average Bonchev–Trinajstić information content (AvgIpc) is 1.88. The zero-order chi connectivity index (χ0) is 8.74. The fourth-order valence-electron chi connectivity index (χ4n) is 0.233. The summed E-state index contributed by atoms with van der Waals surface area (Å²) in [5.41, 5.74) is 0. The summed E-state index contributed by atoms with van der Waals surface area (Å²) in [6.07, 6.45) is 0. The van der Waals surface area contributed by atoms with Gasteiger partial charge in [-0.3, -0.25) is 14.4 Å². The Hall–Kier alpha value is -1.36. The van der Waals surface area contributed by atoms with Crippen LogP contribution in [0.1, 0.15) is 0 Å². The summed E-state index contributed by atoms with van der Waals surface area (Å²) < 4.78 is 21.7. The summed E-state index contributed by atoms with van der Waals surface area (Å²) in [5, 5.41) is 0. The monoisotopic (exact) mass is 182 g/mol. The Balaban J connectivity index is 4.22. The SMILES string of the molecule is O=COP(=O)(OC=O)OC=O. The van der Waals surface area contributed by atoms with Crippen molar-refractivity contribution in [2.24, 2.45) is 0 Å². The Kier molecular flexibility index (Phi) is 3.90. The van der Waals surface area contributed by atoms with Crippen LogP contribution in [0.15, 0.2) is 0 Å². The van der Waals surface area contributed by atoms with Gasteiger partial charge < -0.3 is 13.6 Å². The fourth-order valence-corrected chi connectivity index (χ4v) is 0.698. The third-order valence-electron chi connectivity index (χ3n) is 0.516. The summed E-state index contributed by atoms with van der Waals surface area (Å²) in [4.78, 5) is 28.8. The molecule has 8 heteroatoms. The van der Waals surface area contributed by atoms with Crippen LogP contribution in [0.4, 0.5) is 0 Å². The van der Waals surface area contributed by atoms with Gasteiger partial charge in [-0.1, -0.05) is 0 Å². The summed E-state index contributed by atoms with van der Waals surface area (Å²) in [7, 11) is -4.32. The Morgan fingerprint density at radius 2 is 1.09 bits per heavy atom. The van der Waals surface area contributed by atoms with Crippen molar-refractivity contribution in [3.63, 3.8) is 0 Å². The lowest BCUT2D eigenvalue weighted by atomic mass is 11.7. The Labute approximate surface area is 60.8 Å². The molecular weight excluding hydrogens is 179 g/mol. The highest BCUT2D eigenvalue weighted by Gasteiger charge is 2.29. The second-order valence-electron chi connectivity index (χ2n) is 1.05. The van der Waals surface area contributed by atoms with E-state index in [0.717, 1.165) is 0 Å². The minimum atomic E-state index is -4.32. The van der Waals surface area contributed by atoms with Crippen molar-refractivity contribution in [2.45, 2.75) is 0 Å². The van der Waals surface area contributed by atoms with Gasteiger partial charge in [-0.05, 0) is 0 Å². The molecule has 0 spiro atoms. The zero-order valence-corrected chi connectivity index (χ0v) is 5.93. The van der Waals surface area contributed by atoms with Gasteiger partial charge in [0.25, 0.3) is 0 Å². The molecule has 0 N–H and O–H groups in total. The molecule has 0 aromatic carbocycles. The predicted octanol–water partition coefficient (Wildman–Crippen LogP) is -0.387. The smallest absolute Gasteiger partial charge is 0.355 e. The van der Waals surface area contributed by atoms with Gasteiger partial charge in [0.2, 0.25) is 0 Å². The second kappa shape index (κ2) is 4.45. The summed E-state index contributed by atoms with van der Waals surface area (Å²) in [6, 6.07) is 0. The lowest BCUT2D eigenvalue weighted by Gasteiger charge is -2.06. The van der Waals surface area contributed by atoms with Crippen molar-refractivity contribution < 1.29 is 32.5 Å². The highest BCUT2D eigenvalue weighted by molar-refractivity contribution is 7.49. The minimum absolute atomic E-state index is 0.270. The van der Waals surface area contributed by atoms with E-state index in [9.17, 15) is 18.9 Å². The standard InChI is InChI=1S/C3H3O7P/c4-1-8-11(7,9-2-5)10-3-6/h1-3H. The van der Waals surface area contributed by atoms with Crippen LogP contribution in [0, 0.1) is 0 Å². The van der Waals surface area contributed by atoms with Crippen molar-refractivity contribution in [3.8, 4) is 0 Å². The van der Waals surface area contributed by atoms with E-state index < -0.39 is 7.82 Å². The van der Waals surface area contributed by atoms with Gasteiger partial charge in [0.15, 0.2) is 0 Å². The molecule has 62 valence electrons. The first kappa shape index (κ1) is 9.64. The van der Waals surface area contributed by atoms with E-state index in [1.807, 2.05) is 0 Å². The van der Waals surface area contributed by atoms with Crippen molar-refractivity contribution in [1.82, 2.24) is 0 Å². The van der Waals surface area contributed by atoms with Gasteiger partial charge in [-0.25, -0.2) is 0 Å². The number of hydrogen-bond acceptors (Lipinski definition) is 7. The molecule has 0 heterocycles. The van der Waals surface area contributed by atoms with E-state index in [0.29, 0.717) is 0 Å². The van der Waals surface area contributed by atoms with E-state index in [1.165, 1.54) is 0 Å². The highest BCUT2D eigenvalue weighted by Crippen LogP contribution is 2.46. The number of hydrogen-bond donors (Lipinski definition) is 0. The molecule has 0 aliphatic rings. The molecule has 0 aromatic heterocycles. The van der Waals surface area contributed by atoms with Crippen LogP contribution in [-0.2, 0) is 32.5 Å². The van der Waals surface area contributed by atoms with E-state index >= 15 is 0 Å². The Morgan fingerprint density at radius 3 is 1.27 bits per heavy atom. The molecule has 7 nitrogen and oxygen atoms in total. The molecule has 0 radical (unpaired) electrons. The van der Waals surface area contributed by atoms with Gasteiger partial charge in [0.05, 0.1) is 0 Å². The molecular formula is C3H3O7P. The predicted molar refractivity (Wildman–Crippen MR) is 29.1 cm³/mol. The number of carbonyl (C=O) groups excluding carboxylic acids is 3. The molecule has 11 heavy (non-hydrogen) atoms. The quantitative estimate of drug-likeness (QED) is 0.407.